The quantitative estimate of drug-likeness (QED) is 0.616. The molecule has 14 heavy (non-hydrogen) atoms. The lowest BCUT2D eigenvalue weighted by Crippen LogP contribution is -2.07. The molecule has 0 bridgehead atoms. The number of nitrogens with one attached hydrogen (secondary N) is 1. The van der Waals surface area contributed by atoms with Gasteiger partial charge in [0.05, 0.1) is 19.8 Å². The monoisotopic (exact) mass is 198 g/mol. The summed E-state index contributed by atoms with van der Waals surface area (Å²) in [6.07, 6.45) is 4.13. The molecular formula is C10H18N2O2. The van der Waals surface area contributed by atoms with Gasteiger partial charge < -0.3 is 19.7 Å². The Morgan fingerprint density at radius 3 is 3.07 bits per heavy atom. The summed E-state index contributed by atoms with van der Waals surface area (Å²) in [5.74, 6) is 0. The maximum atomic E-state index is 8.50. The highest BCUT2D eigenvalue weighted by Gasteiger charge is 1.95. The third-order valence-corrected chi connectivity index (χ3v) is 1.92. The van der Waals surface area contributed by atoms with Crippen LogP contribution in [0.5, 0.6) is 0 Å². The van der Waals surface area contributed by atoms with Crippen LogP contribution in [-0.2, 0) is 17.8 Å². The summed E-state index contributed by atoms with van der Waals surface area (Å²) in [5.41, 5.74) is 1.27. The SMILES string of the molecule is CNCc1ccn(CCOCCO)c1. The van der Waals surface area contributed by atoms with Gasteiger partial charge >= 0.3 is 0 Å². The first-order valence-electron chi connectivity index (χ1n) is 4.84. The molecule has 0 unspecified atom stereocenters. The van der Waals surface area contributed by atoms with E-state index in [4.69, 9.17) is 9.84 Å². The molecule has 0 atom stereocenters. The Bertz CT molecular complexity index is 248. The molecule has 4 nitrogen and oxygen atoms in total. The molecule has 0 fully saturated rings. The second kappa shape index (κ2) is 6.59. The molecule has 0 radical (unpaired) electrons. The number of nitrogens with zero attached hydrogens (tertiary/aromatic N) is 1. The maximum absolute atomic E-state index is 8.50. The number of aliphatic hydroxyl groups excluding tert-OH is 1. The van der Waals surface area contributed by atoms with Gasteiger partial charge in [-0.3, -0.25) is 0 Å². The molecule has 0 aliphatic rings. The third-order valence-electron chi connectivity index (χ3n) is 1.92. The Balaban J connectivity index is 2.22. The molecule has 0 saturated heterocycles. The summed E-state index contributed by atoms with van der Waals surface area (Å²) >= 11 is 0. The van der Waals surface area contributed by atoms with Crippen molar-refractivity contribution in [3.05, 3.63) is 24.0 Å². The fraction of sp³-hybridized carbons (Fsp3) is 0.600. The average molecular weight is 198 g/mol. The highest BCUT2D eigenvalue weighted by atomic mass is 16.5. The third kappa shape index (κ3) is 3.91. The molecule has 1 aromatic heterocycles. The van der Waals surface area contributed by atoms with Crippen LogP contribution >= 0.6 is 0 Å². The van der Waals surface area contributed by atoms with Crippen LogP contribution in [0.1, 0.15) is 5.56 Å². The topological polar surface area (TPSA) is 46.4 Å². The summed E-state index contributed by atoms with van der Waals surface area (Å²) in [4.78, 5) is 0. The van der Waals surface area contributed by atoms with Crippen LogP contribution in [0.4, 0.5) is 0 Å². The number of aromatic nitrogens is 1. The van der Waals surface area contributed by atoms with Crippen LogP contribution in [0, 0.1) is 0 Å². The summed E-state index contributed by atoms with van der Waals surface area (Å²) in [6.45, 7) is 2.89. The zero-order valence-electron chi connectivity index (χ0n) is 8.57. The predicted molar refractivity (Wildman–Crippen MR) is 55.1 cm³/mol. The molecule has 4 heteroatoms. The van der Waals surface area contributed by atoms with E-state index in [1.54, 1.807) is 0 Å². The van der Waals surface area contributed by atoms with E-state index in [1.165, 1.54) is 5.56 Å². The first-order valence-corrected chi connectivity index (χ1v) is 4.84. The summed E-state index contributed by atoms with van der Waals surface area (Å²) in [7, 11) is 1.93. The van der Waals surface area contributed by atoms with E-state index in [1.807, 2.05) is 13.2 Å². The zero-order valence-corrected chi connectivity index (χ0v) is 8.57. The minimum absolute atomic E-state index is 0.0939. The molecule has 0 aliphatic carbocycles. The first kappa shape index (κ1) is 11.2. The van der Waals surface area contributed by atoms with Gasteiger partial charge in [-0.2, -0.15) is 0 Å². The van der Waals surface area contributed by atoms with Gasteiger partial charge in [0, 0.05) is 25.5 Å². The van der Waals surface area contributed by atoms with E-state index < -0.39 is 0 Å². The van der Waals surface area contributed by atoms with Gasteiger partial charge in [0.15, 0.2) is 0 Å². The molecule has 0 saturated carbocycles. The van der Waals surface area contributed by atoms with Crippen LogP contribution in [0.25, 0.3) is 0 Å². The van der Waals surface area contributed by atoms with Gasteiger partial charge in [0.1, 0.15) is 0 Å². The van der Waals surface area contributed by atoms with Gasteiger partial charge in [0.25, 0.3) is 0 Å². The molecule has 0 spiro atoms. The van der Waals surface area contributed by atoms with Gasteiger partial charge in [0.2, 0.25) is 0 Å². The first-order chi connectivity index (χ1) is 6.86. The van der Waals surface area contributed by atoms with Crippen molar-refractivity contribution in [3.8, 4) is 0 Å². The maximum Gasteiger partial charge on any atom is 0.0698 e. The molecule has 0 aliphatic heterocycles. The molecule has 1 heterocycles. The highest BCUT2D eigenvalue weighted by molar-refractivity contribution is 5.09. The Morgan fingerprint density at radius 2 is 2.36 bits per heavy atom. The zero-order chi connectivity index (χ0) is 10.2. The molecule has 1 aromatic rings. The van der Waals surface area contributed by atoms with Crippen LogP contribution in [0.2, 0.25) is 0 Å². The molecule has 80 valence electrons. The number of hydrogen-bond acceptors (Lipinski definition) is 3. The van der Waals surface area contributed by atoms with Crippen molar-refractivity contribution in [3.63, 3.8) is 0 Å². The molecule has 0 amide bonds. The van der Waals surface area contributed by atoms with E-state index in [2.05, 4.69) is 22.1 Å². The minimum Gasteiger partial charge on any atom is -0.394 e. The lowest BCUT2D eigenvalue weighted by atomic mass is 10.3. The fourth-order valence-corrected chi connectivity index (χ4v) is 1.27. The van der Waals surface area contributed by atoms with E-state index in [0.29, 0.717) is 13.2 Å². The Morgan fingerprint density at radius 1 is 1.50 bits per heavy atom. The second-order valence-corrected chi connectivity index (χ2v) is 3.12. The van der Waals surface area contributed by atoms with Gasteiger partial charge in [-0.15, -0.1) is 0 Å². The Hall–Kier alpha value is -0.840. The van der Waals surface area contributed by atoms with Crippen molar-refractivity contribution >= 4 is 0 Å². The second-order valence-electron chi connectivity index (χ2n) is 3.12. The van der Waals surface area contributed by atoms with Crippen molar-refractivity contribution in [2.24, 2.45) is 0 Å². The van der Waals surface area contributed by atoms with Crippen LogP contribution in [0.3, 0.4) is 0 Å². The predicted octanol–water partition coefficient (Wildman–Crippen LogP) is 0.216. The molecule has 1 rings (SSSR count). The summed E-state index contributed by atoms with van der Waals surface area (Å²) < 4.78 is 7.26. The lowest BCUT2D eigenvalue weighted by Gasteiger charge is -2.03. The largest absolute Gasteiger partial charge is 0.394 e. The normalized spacial score (nSPS) is 10.7. The van der Waals surface area contributed by atoms with Crippen molar-refractivity contribution in [2.45, 2.75) is 13.1 Å². The van der Waals surface area contributed by atoms with E-state index in [-0.39, 0.29) is 6.61 Å². The van der Waals surface area contributed by atoms with Crippen molar-refractivity contribution in [1.29, 1.82) is 0 Å². The van der Waals surface area contributed by atoms with Crippen LogP contribution < -0.4 is 5.32 Å². The highest BCUT2D eigenvalue weighted by Crippen LogP contribution is 2.00. The van der Waals surface area contributed by atoms with Crippen molar-refractivity contribution < 1.29 is 9.84 Å². The number of rotatable bonds is 7. The standard InChI is InChI=1S/C10H18N2O2/c1-11-8-10-2-3-12(9-10)4-6-14-7-5-13/h2-3,9,11,13H,4-8H2,1H3. The Labute approximate surface area is 84.5 Å². The van der Waals surface area contributed by atoms with E-state index in [0.717, 1.165) is 13.1 Å². The Kier molecular flexibility index (Phi) is 5.29. The molecule has 2 N–H and O–H groups in total. The number of hydrogen-bond donors (Lipinski definition) is 2. The van der Waals surface area contributed by atoms with Gasteiger partial charge in [-0.05, 0) is 18.7 Å². The van der Waals surface area contributed by atoms with Crippen molar-refractivity contribution in [1.82, 2.24) is 9.88 Å². The van der Waals surface area contributed by atoms with Crippen molar-refractivity contribution in [2.75, 3.05) is 26.9 Å². The molecule has 0 aromatic carbocycles. The summed E-state index contributed by atoms with van der Waals surface area (Å²) in [5, 5.41) is 11.6. The number of ether oxygens (including phenoxy) is 1. The van der Waals surface area contributed by atoms with E-state index in [9.17, 15) is 0 Å². The van der Waals surface area contributed by atoms with Gasteiger partial charge in [-0.1, -0.05) is 0 Å². The van der Waals surface area contributed by atoms with Crippen LogP contribution in [0.15, 0.2) is 18.5 Å². The smallest absolute Gasteiger partial charge is 0.0698 e. The lowest BCUT2D eigenvalue weighted by molar-refractivity contribution is 0.0870. The van der Waals surface area contributed by atoms with Crippen LogP contribution in [-0.4, -0.2) is 36.5 Å². The fourth-order valence-electron chi connectivity index (χ4n) is 1.27. The molecular weight excluding hydrogens is 180 g/mol. The van der Waals surface area contributed by atoms with E-state index >= 15 is 0 Å². The summed E-state index contributed by atoms with van der Waals surface area (Å²) in [6, 6.07) is 2.09. The average Bonchev–Trinajstić information content (AvgIpc) is 2.61. The minimum atomic E-state index is 0.0939. The van der Waals surface area contributed by atoms with Gasteiger partial charge in [-0.25, -0.2) is 0 Å². The number of aliphatic hydroxyl groups is 1.